The Hall–Kier alpha value is -1.29. The number of aromatic nitrogens is 2. The van der Waals surface area contributed by atoms with Gasteiger partial charge in [-0.15, -0.1) is 11.3 Å². The number of nitrogens with one attached hydrogen (secondary N) is 1. The summed E-state index contributed by atoms with van der Waals surface area (Å²) in [5.74, 6) is 0.995. The van der Waals surface area contributed by atoms with Crippen molar-refractivity contribution in [3.63, 3.8) is 0 Å². The number of anilines is 1. The van der Waals surface area contributed by atoms with Crippen LogP contribution in [0.15, 0.2) is 29.9 Å². The highest BCUT2D eigenvalue weighted by atomic mass is 32.1. The van der Waals surface area contributed by atoms with Crippen molar-refractivity contribution in [3.05, 3.63) is 34.8 Å². The van der Waals surface area contributed by atoms with E-state index in [1.165, 1.54) is 17.7 Å². The second-order valence-electron chi connectivity index (χ2n) is 4.05. The lowest BCUT2D eigenvalue weighted by atomic mass is 10.3. The molecule has 4 heteroatoms. The first-order valence-corrected chi connectivity index (χ1v) is 7.05. The molecule has 0 saturated heterocycles. The zero-order valence-corrected chi connectivity index (χ0v) is 11.0. The SMILES string of the molecule is CCCCNc1nccn1CCc1cccs1. The van der Waals surface area contributed by atoms with Gasteiger partial charge in [-0.05, 0) is 24.3 Å². The molecular formula is C13H19N3S. The Kier molecular flexibility index (Phi) is 4.62. The number of rotatable bonds is 7. The molecule has 0 aliphatic carbocycles. The molecular weight excluding hydrogens is 230 g/mol. The van der Waals surface area contributed by atoms with Crippen molar-refractivity contribution < 1.29 is 0 Å². The van der Waals surface area contributed by atoms with Crippen molar-refractivity contribution in [2.45, 2.75) is 32.7 Å². The van der Waals surface area contributed by atoms with E-state index in [2.05, 4.69) is 39.3 Å². The number of thiophene rings is 1. The third kappa shape index (κ3) is 3.60. The van der Waals surface area contributed by atoms with Crippen molar-refractivity contribution in [1.29, 1.82) is 0 Å². The average Bonchev–Trinajstić information content (AvgIpc) is 2.97. The van der Waals surface area contributed by atoms with E-state index in [-0.39, 0.29) is 0 Å². The average molecular weight is 249 g/mol. The Morgan fingerprint density at radius 3 is 3.18 bits per heavy atom. The minimum Gasteiger partial charge on any atom is -0.356 e. The normalized spacial score (nSPS) is 10.6. The molecule has 0 aromatic carbocycles. The molecule has 0 saturated carbocycles. The summed E-state index contributed by atoms with van der Waals surface area (Å²) in [6.07, 6.45) is 7.39. The predicted molar refractivity (Wildman–Crippen MR) is 73.6 cm³/mol. The van der Waals surface area contributed by atoms with E-state index in [1.54, 1.807) is 0 Å². The van der Waals surface area contributed by atoms with Gasteiger partial charge in [-0.1, -0.05) is 19.4 Å². The first-order valence-electron chi connectivity index (χ1n) is 6.17. The molecule has 92 valence electrons. The van der Waals surface area contributed by atoms with Gasteiger partial charge < -0.3 is 9.88 Å². The molecule has 0 atom stereocenters. The van der Waals surface area contributed by atoms with Gasteiger partial charge in [0.25, 0.3) is 0 Å². The lowest BCUT2D eigenvalue weighted by Crippen LogP contribution is -2.09. The van der Waals surface area contributed by atoms with Gasteiger partial charge in [0.05, 0.1) is 0 Å². The quantitative estimate of drug-likeness (QED) is 0.762. The van der Waals surface area contributed by atoms with Crippen LogP contribution in [0.3, 0.4) is 0 Å². The third-order valence-corrected chi connectivity index (χ3v) is 3.64. The number of hydrogen-bond donors (Lipinski definition) is 1. The molecule has 1 N–H and O–H groups in total. The molecule has 0 aliphatic rings. The van der Waals surface area contributed by atoms with Gasteiger partial charge in [0, 0.05) is 30.4 Å². The van der Waals surface area contributed by atoms with Gasteiger partial charge >= 0.3 is 0 Å². The summed E-state index contributed by atoms with van der Waals surface area (Å²) in [6.45, 7) is 4.20. The Balaban J connectivity index is 1.85. The van der Waals surface area contributed by atoms with Crippen LogP contribution < -0.4 is 5.32 Å². The largest absolute Gasteiger partial charge is 0.356 e. The highest BCUT2D eigenvalue weighted by Gasteiger charge is 2.02. The van der Waals surface area contributed by atoms with Gasteiger partial charge in [0.1, 0.15) is 0 Å². The highest BCUT2D eigenvalue weighted by molar-refractivity contribution is 7.09. The summed E-state index contributed by atoms with van der Waals surface area (Å²) in [7, 11) is 0. The maximum atomic E-state index is 4.34. The monoisotopic (exact) mass is 249 g/mol. The van der Waals surface area contributed by atoms with Crippen molar-refractivity contribution in [2.75, 3.05) is 11.9 Å². The molecule has 17 heavy (non-hydrogen) atoms. The van der Waals surface area contributed by atoms with Gasteiger partial charge in [0.15, 0.2) is 0 Å². The van der Waals surface area contributed by atoms with Crippen molar-refractivity contribution in [3.8, 4) is 0 Å². The predicted octanol–water partition coefficient (Wildman–Crippen LogP) is 3.40. The maximum absolute atomic E-state index is 4.34. The lowest BCUT2D eigenvalue weighted by molar-refractivity contribution is 0.700. The van der Waals surface area contributed by atoms with Crippen LogP contribution in [-0.2, 0) is 13.0 Å². The second-order valence-corrected chi connectivity index (χ2v) is 5.09. The zero-order chi connectivity index (χ0) is 11.9. The molecule has 2 aromatic heterocycles. The molecule has 0 bridgehead atoms. The fraction of sp³-hybridized carbons (Fsp3) is 0.462. The topological polar surface area (TPSA) is 29.9 Å². The Bertz CT molecular complexity index is 420. The first-order chi connectivity index (χ1) is 8.40. The number of aryl methyl sites for hydroxylation is 2. The van der Waals surface area contributed by atoms with Crippen LogP contribution in [0.4, 0.5) is 5.95 Å². The van der Waals surface area contributed by atoms with Gasteiger partial charge in [-0.2, -0.15) is 0 Å². The van der Waals surface area contributed by atoms with Crippen LogP contribution in [0.5, 0.6) is 0 Å². The fourth-order valence-corrected chi connectivity index (χ4v) is 2.42. The van der Waals surface area contributed by atoms with Crippen LogP contribution in [-0.4, -0.2) is 16.1 Å². The summed E-state index contributed by atoms with van der Waals surface area (Å²) in [5, 5.41) is 5.51. The molecule has 0 amide bonds. The third-order valence-electron chi connectivity index (χ3n) is 2.71. The van der Waals surface area contributed by atoms with E-state index in [4.69, 9.17) is 0 Å². The number of unbranched alkanes of at least 4 members (excludes halogenated alkanes) is 1. The summed E-state index contributed by atoms with van der Waals surface area (Å²) in [4.78, 5) is 5.77. The van der Waals surface area contributed by atoms with Gasteiger partial charge in [-0.25, -0.2) is 4.98 Å². The van der Waals surface area contributed by atoms with E-state index in [0.717, 1.165) is 25.5 Å². The molecule has 2 heterocycles. The molecule has 0 radical (unpaired) electrons. The summed E-state index contributed by atoms with van der Waals surface area (Å²) < 4.78 is 2.19. The minimum absolute atomic E-state index is 0.995. The van der Waals surface area contributed by atoms with Crippen LogP contribution in [0.2, 0.25) is 0 Å². The molecule has 0 fully saturated rings. The van der Waals surface area contributed by atoms with Gasteiger partial charge in [-0.3, -0.25) is 0 Å². The van der Waals surface area contributed by atoms with Crippen molar-refractivity contribution in [2.24, 2.45) is 0 Å². The first kappa shape index (κ1) is 12.2. The molecule has 2 aromatic rings. The Morgan fingerprint density at radius 1 is 1.47 bits per heavy atom. The van der Waals surface area contributed by atoms with E-state index < -0.39 is 0 Å². The lowest BCUT2D eigenvalue weighted by Gasteiger charge is -2.08. The van der Waals surface area contributed by atoms with Gasteiger partial charge in [0.2, 0.25) is 5.95 Å². The van der Waals surface area contributed by atoms with Crippen molar-refractivity contribution >= 4 is 17.3 Å². The van der Waals surface area contributed by atoms with Crippen LogP contribution in [0, 0.1) is 0 Å². The maximum Gasteiger partial charge on any atom is 0.202 e. The second kappa shape index (κ2) is 6.45. The Labute approximate surface area is 107 Å². The Morgan fingerprint density at radius 2 is 2.41 bits per heavy atom. The van der Waals surface area contributed by atoms with E-state index in [0.29, 0.717) is 0 Å². The van der Waals surface area contributed by atoms with E-state index >= 15 is 0 Å². The highest BCUT2D eigenvalue weighted by Crippen LogP contribution is 2.12. The minimum atomic E-state index is 0.995. The van der Waals surface area contributed by atoms with E-state index in [1.807, 2.05) is 23.7 Å². The number of nitrogens with zero attached hydrogens (tertiary/aromatic N) is 2. The molecule has 0 aliphatic heterocycles. The van der Waals surface area contributed by atoms with Crippen LogP contribution in [0.1, 0.15) is 24.6 Å². The molecule has 2 rings (SSSR count). The standard InChI is InChI=1S/C13H19N3S/c1-2-3-7-14-13-15-8-10-16(13)9-6-12-5-4-11-17-12/h4-5,8,10-11H,2-3,6-7,9H2,1H3,(H,14,15). The fourth-order valence-electron chi connectivity index (χ4n) is 1.72. The number of hydrogen-bond acceptors (Lipinski definition) is 3. The van der Waals surface area contributed by atoms with Crippen LogP contribution in [0.25, 0.3) is 0 Å². The summed E-state index contributed by atoms with van der Waals surface area (Å²) in [5.41, 5.74) is 0. The molecule has 0 unspecified atom stereocenters. The molecule has 0 spiro atoms. The smallest absolute Gasteiger partial charge is 0.202 e. The van der Waals surface area contributed by atoms with Crippen LogP contribution >= 0.6 is 11.3 Å². The van der Waals surface area contributed by atoms with E-state index in [9.17, 15) is 0 Å². The summed E-state index contributed by atoms with van der Waals surface area (Å²) >= 11 is 1.82. The molecule has 3 nitrogen and oxygen atoms in total. The zero-order valence-electron chi connectivity index (χ0n) is 10.2. The van der Waals surface area contributed by atoms with Crippen molar-refractivity contribution in [1.82, 2.24) is 9.55 Å². The number of imidazole rings is 1. The summed E-state index contributed by atoms with van der Waals surface area (Å²) in [6, 6.07) is 4.29.